The average molecular weight is 302 g/mol. The summed E-state index contributed by atoms with van der Waals surface area (Å²) in [6, 6.07) is 9.38. The Morgan fingerprint density at radius 3 is 2.55 bits per heavy atom. The van der Waals surface area contributed by atoms with Crippen molar-refractivity contribution in [3.05, 3.63) is 35.9 Å². The van der Waals surface area contributed by atoms with Crippen LogP contribution in [0.5, 0.6) is 0 Å². The molecule has 120 valence electrons. The van der Waals surface area contributed by atoms with E-state index in [1.54, 1.807) is 11.9 Å². The standard InChI is InChI=1S/C18H26N2O2/c1-13-7-6-10-15(11-13)18(22)20(2)16(12-17(19)21)14-8-4-3-5-9-14/h3-5,8-9,13,15-16H,6-7,10-12H2,1-2H3,(H2,19,21)/t13-,15+,16-/m1/s1. The van der Waals surface area contributed by atoms with Gasteiger partial charge < -0.3 is 10.6 Å². The molecule has 0 radical (unpaired) electrons. The van der Waals surface area contributed by atoms with Crippen LogP contribution < -0.4 is 5.73 Å². The van der Waals surface area contributed by atoms with Crippen molar-refractivity contribution in [3.63, 3.8) is 0 Å². The lowest BCUT2D eigenvalue weighted by Crippen LogP contribution is -2.39. The predicted molar refractivity (Wildman–Crippen MR) is 86.9 cm³/mol. The average Bonchev–Trinajstić information content (AvgIpc) is 2.52. The maximum atomic E-state index is 12.8. The molecule has 1 aliphatic rings. The summed E-state index contributed by atoms with van der Waals surface area (Å²) >= 11 is 0. The van der Waals surface area contributed by atoms with Crippen LogP contribution in [0.2, 0.25) is 0 Å². The number of carbonyl (C=O) groups is 2. The molecule has 0 bridgehead atoms. The lowest BCUT2D eigenvalue weighted by atomic mass is 9.81. The predicted octanol–water partition coefficient (Wildman–Crippen LogP) is 2.89. The second kappa shape index (κ2) is 7.43. The highest BCUT2D eigenvalue weighted by molar-refractivity contribution is 5.81. The van der Waals surface area contributed by atoms with Crippen molar-refractivity contribution in [2.75, 3.05) is 7.05 Å². The van der Waals surface area contributed by atoms with Gasteiger partial charge in [-0.1, -0.05) is 50.1 Å². The molecule has 0 spiro atoms. The summed E-state index contributed by atoms with van der Waals surface area (Å²) in [5, 5.41) is 0. The first-order chi connectivity index (χ1) is 10.5. The first-order valence-corrected chi connectivity index (χ1v) is 8.09. The fourth-order valence-corrected chi connectivity index (χ4v) is 3.44. The second-order valence-corrected chi connectivity index (χ2v) is 6.51. The lowest BCUT2D eigenvalue weighted by Gasteiger charge is -2.34. The lowest BCUT2D eigenvalue weighted by molar-refractivity contribution is -0.138. The van der Waals surface area contributed by atoms with Crippen LogP contribution in [0.1, 0.15) is 50.6 Å². The minimum atomic E-state index is -0.384. The molecule has 1 aromatic rings. The molecule has 1 saturated carbocycles. The summed E-state index contributed by atoms with van der Waals surface area (Å²) in [6.45, 7) is 2.21. The van der Waals surface area contributed by atoms with Gasteiger partial charge in [0.2, 0.25) is 11.8 Å². The number of primary amides is 1. The van der Waals surface area contributed by atoms with Crippen LogP contribution in [0, 0.1) is 11.8 Å². The topological polar surface area (TPSA) is 63.4 Å². The number of rotatable bonds is 5. The van der Waals surface area contributed by atoms with Crippen LogP contribution in [-0.2, 0) is 9.59 Å². The van der Waals surface area contributed by atoms with E-state index < -0.39 is 0 Å². The first-order valence-electron chi connectivity index (χ1n) is 8.09. The maximum Gasteiger partial charge on any atom is 0.225 e. The molecule has 1 aromatic carbocycles. The third-order valence-corrected chi connectivity index (χ3v) is 4.68. The van der Waals surface area contributed by atoms with Gasteiger partial charge in [-0.2, -0.15) is 0 Å². The van der Waals surface area contributed by atoms with Crippen molar-refractivity contribution >= 4 is 11.8 Å². The molecule has 22 heavy (non-hydrogen) atoms. The highest BCUT2D eigenvalue weighted by Crippen LogP contribution is 2.32. The molecule has 3 atom stereocenters. The molecule has 0 unspecified atom stereocenters. The van der Waals surface area contributed by atoms with Crippen molar-refractivity contribution < 1.29 is 9.59 Å². The number of nitrogens with two attached hydrogens (primary N) is 1. The summed E-state index contributed by atoms with van der Waals surface area (Å²) in [4.78, 5) is 26.0. The fourth-order valence-electron chi connectivity index (χ4n) is 3.44. The third-order valence-electron chi connectivity index (χ3n) is 4.68. The minimum absolute atomic E-state index is 0.0767. The van der Waals surface area contributed by atoms with Gasteiger partial charge in [0.25, 0.3) is 0 Å². The van der Waals surface area contributed by atoms with Crippen LogP contribution in [0.15, 0.2) is 30.3 Å². The maximum absolute atomic E-state index is 12.8. The molecule has 2 N–H and O–H groups in total. The van der Waals surface area contributed by atoms with Gasteiger partial charge in [0.05, 0.1) is 12.5 Å². The smallest absolute Gasteiger partial charge is 0.225 e. The zero-order valence-electron chi connectivity index (χ0n) is 13.5. The minimum Gasteiger partial charge on any atom is -0.370 e. The second-order valence-electron chi connectivity index (χ2n) is 6.51. The molecule has 2 amide bonds. The van der Waals surface area contributed by atoms with Gasteiger partial charge in [0.1, 0.15) is 0 Å². The van der Waals surface area contributed by atoms with Crippen molar-refractivity contribution in [1.29, 1.82) is 0 Å². The van der Waals surface area contributed by atoms with E-state index in [1.807, 2.05) is 30.3 Å². The van der Waals surface area contributed by atoms with Gasteiger partial charge in [-0.25, -0.2) is 0 Å². The number of benzene rings is 1. The number of hydrogen-bond acceptors (Lipinski definition) is 2. The Hall–Kier alpha value is -1.84. The SMILES string of the molecule is C[C@@H]1CCC[C@H](C(=O)N(C)[C@H](CC(N)=O)c2ccccc2)C1. The van der Waals surface area contributed by atoms with Crippen LogP contribution in [0.25, 0.3) is 0 Å². The van der Waals surface area contributed by atoms with Crippen LogP contribution in [-0.4, -0.2) is 23.8 Å². The summed E-state index contributed by atoms with van der Waals surface area (Å²) in [6.07, 6.45) is 4.37. The third kappa shape index (κ3) is 4.09. The first kappa shape index (κ1) is 16.5. The number of hydrogen-bond donors (Lipinski definition) is 1. The largest absolute Gasteiger partial charge is 0.370 e. The Morgan fingerprint density at radius 1 is 1.27 bits per heavy atom. The zero-order chi connectivity index (χ0) is 16.1. The van der Waals surface area contributed by atoms with Gasteiger partial charge >= 0.3 is 0 Å². The van der Waals surface area contributed by atoms with Gasteiger partial charge in [-0.15, -0.1) is 0 Å². The van der Waals surface area contributed by atoms with Crippen LogP contribution in [0.4, 0.5) is 0 Å². The quantitative estimate of drug-likeness (QED) is 0.909. The molecule has 4 nitrogen and oxygen atoms in total. The van der Waals surface area contributed by atoms with Crippen molar-refractivity contribution in [1.82, 2.24) is 4.90 Å². The molecule has 0 aliphatic heterocycles. The van der Waals surface area contributed by atoms with Crippen LogP contribution >= 0.6 is 0 Å². The summed E-state index contributed by atoms with van der Waals surface area (Å²) in [5.74, 6) is 0.433. The molecule has 0 saturated heterocycles. The van der Waals surface area contributed by atoms with Gasteiger partial charge in [-0.3, -0.25) is 9.59 Å². The highest BCUT2D eigenvalue weighted by atomic mass is 16.2. The van der Waals surface area contributed by atoms with Gasteiger partial charge in [0.15, 0.2) is 0 Å². The normalized spacial score (nSPS) is 22.8. The van der Waals surface area contributed by atoms with E-state index in [0.717, 1.165) is 24.8 Å². The molecule has 0 aromatic heterocycles. The Balaban J connectivity index is 2.15. The van der Waals surface area contributed by atoms with E-state index in [2.05, 4.69) is 6.92 Å². The van der Waals surface area contributed by atoms with E-state index in [0.29, 0.717) is 5.92 Å². The summed E-state index contributed by atoms with van der Waals surface area (Å²) in [7, 11) is 1.79. The monoisotopic (exact) mass is 302 g/mol. The van der Waals surface area contributed by atoms with Crippen molar-refractivity contribution in [2.45, 2.75) is 45.1 Å². The molecule has 4 heteroatoms. The van der Waals surface area contributed by atoms with Crippen molar-refractivity contribution in [2.24, 2.45) is 17.6 Å². The molecule has 1 fully saturated rings. The van der Waals surface area contributed by atoms with E-state index in [4.69, 9.17) is 5.73 Å². The fraction of sp³-hybridized carbons (Fsp3) is 0.556. The molecular formula is C18H26N2O2. The summed E-state index contributed by atoms with van der Waals surface area (Å²) in [5.41, 5.74) is 6.35. The van der Waals surface area contributed by atoms with Gasteiger partial charge in [0, 0.05) is 13.0 Å². The molecule has 2 rings (SSSR count). The molecule has 1 aliphatic carbocycles. The van der Waals surface area contributed by atoms with E-state index in [-0.39, 0.29) is 30.2 Å². The number of amides is 2. The van der Waals surface area contributed by atoms with E-state index >= 15 is 0 Å². The van der Waals surface area contributed by atoms with Crippen molar-refractivity contribution in [3.8, 4) is 0 Å². The van der Waals surface area contributed by atoms with Gasteiger partial charge in [-0.05, 0) is 24.3 Å². The summed E-state index contributed by atoms with van der Waals surface area (Å²) < 4.78 is 0. The Bertz CT molecular complexity index is 515. The van der Waals surface area contributed by atoms with Crippen LogP contribution in [0.3, 0.4) is 0 Å². The van der Waals surface area contributed by atoms with E-state index in [9.17, 15) is 9.59 Å². The zero-order valence-corrected chi connectivity index (χ0v) is 13.5. The Morgan fingerprint density at radius 2 is 1.95 bits per heavy atom. The molecular weight excluding hydrogens is 276 g/mol. The number of nitrogens with zero attached hydrogens (tertiary/aromatic N) is 1. The van der Waals surface area contributed by atoms with E-state index in [1.165, 1.54) is 6.42 Å². The Kier molecular flexibility index (Phi) is 5.58. The Labute approximate surface area is 132 Å². The highest BCUT2D eigenvalue weighted by Gasteiger charge is 2.31. The molecule has 0 heterocycles. The number of carbonyl (C=O) groups excluding carboxylic acids is 2.